The molecule has 1 fully saturated rings. The van der Waals surface area contributed by atoms with E-state index in [4.69, 9.17) is 0 Å². The molecule has 0 saturated carbocycles. The molecule has 2 atom stereocenters. The van der Waals surface area contributed by atoms with Crippen molar-refractivity contribution in [3.63, 3.8) is 0 Å². The average Bonchev–Trinajstić information content (AvgIpc) is 2.46. The minimum atomic E-state index is 0.738. The summed E-state index contributed by atoms with van der Waals surface area (Å²) < 4.78 is 0. The van der Waals surface area contributed by atoms with E-state index in [-0.39, 0.29) is 0 Å². The second-order valence-electron chi connectivity index (χ2n) is 7.44. The van der Waals surface area contributed by atoms with Crippen molar-refractivity contribution in [2.45, 2.75) is 45.6 Å². The van der Waals surface area contributed by atoms with E-state index in [0.717, 1.165) is 17.9 Å². The summed E-state index contributed by atoms with van der Waals surface area (Å²) in [6.45, 7) is 10.9. The maximum absolute atomic E-state index is 3.86. The largest absolute Gasteiger partial charge is 0.313 e. The van der Waals surface area contributed by atoms with Crippen molar-refractivity contribution in [2.24, 2.45) is 11.8 Å². The summed E-state index contributed by atoms with van der Waals surface area (Å²) >= 11 is 0. The maximum Gasteiger partial charge on any atom is 0.0109 e. The number of nitrogens with zero attached hydrogens (tertiary/aromatic N) is 2. The maximum atomic E-state index is 3.86. The molecule has 1 aliphatic heterocycles. The molecule has 2 aliphatic rings. The van der Waals surface area contributed by atoms with Gasteiger partial charge in [-0.15, -0.1) is 0 Å². The third kappa shape index (κ3) is 5.39. The van der Waals surface area contributed by atoms with Crippen LogP contribution in [-0.2, 0) is 0 Å². The molecule has 3 nitrogen and oxygen atoms in total. The molecule has 2 unspecified atom stereocenters. The molecule has 122 valence electrons. The highest BCUT2D eigenvalue weighted by Crippen LogP contribution is 2.29. The second kappa shape index (κ2) is 8.30. The van der Waals surface area contributed by atoms with Gasteiger partial charge in [-0.05, 0) is 71.6 Å². The van der Waals surface area contributed by atoms with Crippen molar-refractivity contribution in [1.82, 2.24) is 15.1 Å². The third-order valence-corrected chi connectivity index (χ3v) is 5.44. The highest BCUT2D eigenvalue weighted by molar-refractivity contribution is 5.09. The van der Waals surface area contributed by atoms with Gasteiger partial charge in [0.05, 0.1) is 0 Å². The SMILES string of the molecule is CC1=CCCC(C)C1CNC1CCN(CCN(C)C)CC1. The first-order valence-corrected chi connectivity index (χ1v) is 8.83. The lowest BCUT2D eigenvalue weighted by molar-refractivity contribution is 0.178. The molecule has 3 heteroatoms. The zero-order chi connectivity index (χ0) is 15.2. The zero-order valence-electron chi connectivity index (χ0n) is 14.6. The summed E-state index contributed by atoms with van der Waals surface area (Å²) in [5, 5.41) is 3.86. The van der Waals surface area contributed by atoms with E-state index in [0.29, 0.717) is 0 Å². The van der Waals surface area contributed by atoms with Crippen LogP contribution in [0.1, 0.15) is 39.5 Å². The number of allylic oxidation sites excluding steroid dienone is 1. The highest BCUT2D eigenvalue weighted by atomic mass is 15.2. The van der Waals surface area contributed by atoms with Crippen LogP contribution >= 0.6 is 0 Å². The van der Waals surface area contributed by atoms with Gasteiger partial charge in [0, 0.05) is 25.7 Å². The monoisotopic (exact) mass is 293 g/mol. The van der Waals surface area contributed by atoms with Gasteiger partial charge in [0.2, 0.25) is 0 Å². The van der Waals surface area contributed by atoms with Crippen LogP contribution in [-0.4, -0.2) is 62.7 Å². The van der Waals surface area contributed by atoms with E-state index in [1.165, 1.54) is 58.4 Å². The lowest BCUT2D eigenvalue weighted by atomic mass is 9.80. The van der Waals surface area contributed by atoms with Crippen molar-refractivity contribution in [3.05, 3.63) is 11.6 Å². The summed E-state index contributed by atoms with van der Waals surface area (Å²) in [6.07, 6.45) is 7.74. The van der Waals surface area contributed by atoms with Gasteiger partial charge in [-0.1, -0.05) is 18.6 Å². The Morgan fingerprint density at radius 2 is 1.95 bits per heavy atom. The molecule has 0 amide bonds. The van der Waals surface area contributed by atoms with Crippen molar-refractivity contribution in [3.8, 4) is 0 Å². The summed E-state index contributed by atoms with van der Waals surface area (Å²) in [6, 6.07) is 0.738. The first-order valence-electron chi connectivity index (χ1n) is 8.83. The number of piperidine rings is 1. The third-order valence-electron chi connectivity index (χ3n) is 5.44. The number of likely N-dealkylation sites (tertiary alicyclic amines) is 1. The molecular weight excluding hydrogens is 258 g/mol. The average molecular weight is 293 g/mol. The van der Waals surface area contributed by atoms with E-state index in [1.807, 2.05) is 0 Å². The van der Waals surface area contributed by atoms with Gasteiger partial charge < -0.3 is 15.1 Å². The van der Waals surface area contributed by atoms with Gasteiger partial charge in [0.15, 0.2) is 0 Å². The van der Waals surface area contributed by atoms with Crippen LogP contribution in [0.15, 0.2) is 11.6 Å². The molecule has 0 aromatic heterocycles. The predicted molar refractivity (Wildman–Crippen MR) is 91.7 cm³/mol. The van der Waals surface area contributed by atoms with Crippen molar-refractivity contribution in [1.29, 1.82) is 0 Å². The van der Waals surface area contributed by atoms with E-state index in [1.54, 1.807) is 5.57 Å². The Morgan fingerprint density at radius 3 is 2.57 bits per heavy atom. The number of rotatable bonds is 6. The fourth-order valence-corrected chi connectivity index (χ4v) is 3.73. The van der Waals surface area contributed by atoms with Crippen LogP contribution in [0, 0.1) is 11.8 Å². The van der Waals surface area contributed by atoms with Crippen molar-refractivity contribution < 1.29 is 0 Å². The minimum Gasteiger partial charge on any atom is -0.313 e. The molecule has 21 heavy (non-hydrogen) atoms. The molecule has 1 saturated heterocycles. The number of likely N-dealkylation sites (N-methyl/N-ethyl adjacent to an activating group) is 1. The smallest absolute Gasteiger partial charge is 0.0109 e. The van der Waals surface area contributed by atoms with E-state index in [2.05, 4.69) is 49.1 Å². The summed E-state index contributed by atoms with van der Waals surface area (Å²) in [4.78, 5) is 4.90. The lowest BCUT2D eigenvalue weighted by Crippen LogP contribution is -2.46. The Morgan fingerprint density at radius 1 is 1.24 bits per heavy atom. The van der Waals surface area contributed by atoms with Gasteiger partial charge in [0.25, 0.3) is 0 Å². The van der Waals surface area contributed by atoms with Crippen molar-refractivity contribution >= 4 is 0 Å². The zero-order valence-corrected chi connectivity index (χ0v) is 14.6. The van der Waals surface area contributed by atoms with E-state index in [9.17, 15) is 0 Å². The van der Waals surface area contributed by atoms with Crippen LogP contribution in [0.5, 0.6) is 0 Å². The summed E-state index contributed by atoms with van der Waals surface area (Å²) in [7, 11) is 4.32. The topological polar surface area (TPSA) is 18.5 Å². The first kappa shape index (κ1) is 17.0. The summed E-state index contributed by atoms with van der Waals surface area (Å²) in [5.41, 5.74) is 1.62. The fraction of sp³-hybridized carbons (Fsp3) is 0.889. The van der Waals surface area contributed by atoms with Crippen LogP contribution in [0.2, 0.25) is 0 Å². The first-order chi connectivity index (χ1) is 10.1. The Labute approximate surface area is 131 Å². The Balaban J connectivity index is 1.67. The molecule has 1 heterocycles. The van der Waals surface area contributed by atoms with Gasteiger partial charge in [-0.25, -0.2) is 0 Å². The predicted octanol–water partition coefficient (Wildman–Crippen LogP) is 2.59. The van der Waals surface area contributed by atoms with E-state index >= 15 is 0 Å². The van der Waals surface area contributed by atoms with Crippen molar-refractivity contribution in [2.75, 3.05) is 46.8 Å². The Hall–Kier alpha value is -0.380. The van der Waals surface area contributed by atoms with Crippen LogP contribution in [0.25, 0.3) is 0 Å². The molecule has 0 bridgehead atoms. The van der Waals surface area contributed by atoms with Gasteiger partial charge in [0.1, 0.15) is 0 Å². The number of hydrogen-bond acceptors (Lipinski definition) is 3. The molecule has 0 aromatic carbocycles. The number of hydrogen-bond donors (Lipinski definition) is 1. The molecule has 1 N–H and O–H groups in total. The molecule has 0 aromatic rings. The minimum absolute atomic E-state index is 0.738. The van der Waals surface area contributed by atoms with Crippen LogP contribution in [0.3, 0.4) is 0 Å². The molecule has 2 rings (SSSR count). The molecule has 1 aliphatic carbocycles. The summed E-state index contributed by atoms with van der Waals surface area (Å²) in [5.74, 6) is 1.62. The Kier molecular flexibility index (Phi) is 6.72. The fourth-order valence-electron chi connectivity index (χ4n) is 3.73. The normalized spacial score (nSPS) is 28.9. The van der Waals surface area contributed by atoms with Gasteiger partial charge >= 0.3 is 0 Å². The number of nitrogens with one attached hydrogen (secondary N) is 1. The molecular formula is C18H35N3. The van der Waals surface area contributed by atoms with Gasteiger partial charge in [-0.3, -0.25) is 0 Å². The molecule has 0 radical (unpaired) electrons. The lowest BCUT2D eigenvalue weighted by Gasteiger charge is -2.35. The van der Waals surface area contributed by atoms with Crippen LogP contribution < -0.4 is 5.32 Å². The molecule has 0 spiro atoms. The van der Waals surface area contributed by atoms with Crippen LogP contribution in [0.4, 0.5) is 0 Å². The second-order valence-corrected chi connectivity index (χ2v) is 7.44. The highest BCUT2D eigenvalue weighted by Gasteiger charge is 2.24. The Bertz CT molecular complexity index is 329. The standard InChI is InChI=1S/C18H35N3/c1-15-6-5-7-16(2)18(15)14-19-17-8-10-21(11-9-17)13-12-20(3)4/h6,16-19H,5,7-14H2,1-4H3. The van der Waals surface area contributed by atoms with E-state index < -0.39 is 0 Å². The quantitative estimate of drug-likeness (QED) is 0.760. The van der Waals surface area contributed by atoms with Gasteiger partial charge in [-0.2, -0.15) is 0 Å².